The maximum atomic E-state index is 12.3. The first kappa shape index (κ1) is 16.7. The van der Waals surface area contributed by atoms with E-state index in [0.717, 1.165) is 0 Å². The van der Waals surface area contributed by atoms with Crippen LogP contribution in [0.15, 0.2) is 47.9 Å². The van der Waals surface area contributed by atoms with Crippen molar-refractivity contribution in [3.63, 3.8) is 0 Å². The number of amides is 2. The van der Waals surface area contributed by atoms with Gasteiger partial charge in [0, 0.05) is 38.8 Å². The Morgan fingerprint density at radius 3 is 2.76 bits per heavy atom. The van der Waals surface area contributed by atoms with E-state index in [9.17, 15) is 9.59 Å². The standard InChI is InChI=1S/C17H19N5O3/c1-2-5-18-16(23)13-11-15(20-12-19-13)21-6-8-22(9-7-21)17(24)14-4-3-10-25-14/h2-4,10-12H,1,5-9H2,(H,18,23). The van der Waals surface area contributed by atoms with Crippen LogP contribution in [0.25, 0.3) is 0 Å². The van der Waals surface area contributed by atoms with Gasteiger partial charge in [0.05, 0.1) is 6.26 Å². The Hall–Kier alpha value is -3.16. The molecule has 0 saturated carbocycles. The lowest BCUT2D eigenvalue weighted by Crippen LogP contribution is -2.49. The first-order valence-corrected chi connectivity index (χ1v) is 7.98. The average Bonchev–Trinajstić information content (AvgIpc) is 3.20. The Morgan fingerprint density at radius 1 is 1.28 bits per heavy atom. The van der Waals surface area contributed by atoms with Gasteiger partial charge in [-0.3, -0.25) is 9.59 Å². The SMILES string of the molecule is C=CCNC(=O)c1cc(N2CCN(C(=O)c3ccco3)CC2)ncn1. The number of anilines is 1. The Morgan fingerprint density at radius 2 is 2.08 bits per heavy atom. The smallest absolute Gasteiger partial charge is 0.289 e. The second kappa shape index (κ2) is 7.61. The van der Waals surface area contributed by atoms with E-state index >= 15 is 0 Å². The summed E-state index contributed by atoms with van der Waals surface area (Å²) in [7, 11) is 0. The fourth-order valence-corrected chi connectivity index (χ4v) is 2.59. The number of rotatable bonds is 5. The first-order chi connectivity index (χ1) is 12.2. The molecule has 130 valence electrons. The summed E-state index contributed by atoms with van der Waals surface area (Å²) in [5, 5.41) is 2.69. The Kier molecular flexibility index (Phi) is 5.08. The van der Waals surface area contributed by atoms with Gasteiger partial charge >= 0.3 is 0 Å². The number of carbonyl (C=O) groups is 2. The fraction of sp³-hybridized carbons (Fsp3) is 0.294. The second-order valence-corrected chi connectivity index (χ2v) is 5.52. The molecule has 3 rings (SSSR count). The van der Waals surface area contributed by atoms with Crippen LogP contribution in [-0.4, -0.2) is 59.4 Å². The van der Waals surface area contributed by atoms with Crippen LogP contribution >= 0.6 is 0 Å². The molecule has 1 fully saturated rings. The van der Waals surface area contributed by atoms with E-state index in [2.05, 4.69) is 21.9 Å². The van der Waals surface area contributed by atoms with E-state index in [1.807, 2.05) is 4.90 Å². The summed E-state index contributed by atoms with van der Waals surface area (Å²) in [6.07, 6.45) is 4.47. The molecule has 0 aliphatic carbocycles. The number of carbonyl (C=O) groups excluding carboxylic acids is 2. The number of furan rings is 1. The number of piperazine rings is 1. The minimum Gasteiger partial charge on any atom is -0.459 e. The molecule has 25 heavy (non-hydrogen) atoms. The van der Waals surface area contributed by atoms with Crippen LogP contribution in [-0.2, 0) is 0 Å². The summed E-state index contributed by atoms with van der Waals surface area (Å²) in [6, 6.07) is 5.01. The number of hydrogen-bond donors (Lipinski definition) is 1. The second-order valence-electron chi connectivity index (χ2n) is 5.52. The molecular formula is C17H19N5O3. The zero-order chi connectivity index (χ0) is 17.6. The molecule has 1 saturated heterocycles. The fourth-order valence-electron chi connectivity index (χ4n) is 2.59. The highest BCUT2D eigenvalue weighted by Gasteiger charge is 2.24. The van der Waals surface area contributed by atoms with Gasteiger partial charge in [-0.25, -0.2) is 9.97 Å². The van der Waals surface area contributed by atoms with Crippen LogP contribution in [0.2, 0.25) is 0 Å². The van der Waals surface area contributed by atoms with Crippen LogP contribution < -0.4 is 10.2 Å². The van der Waals surface area contributed by atoms with Crippen LogP contribution in [0.4, 0.5) is 5.82 Å². The third kappa shape index (κ3) is 3.85. The molecule has 2 aromatic heterocycles. The van der Waals surface area contributed by atoms with Crippen molar-refractivity contribution in [2.45, 2.75) is 0 Å². The molecular weight excluding hydrogens is 322 g/mol. The highest BCUT2D eigenvalue weighted by Crippen LogP contribution is 2.15. The zero-order valence-corrected chi connectivity index (χ0v) is 13.7. The monoisotopic (exact) mass is 341 g/mol. The highest BCUT2D eigenvalue weighted by molar-refractivity contribution is 5.93. The summed E-state index contributed by atoms with van der Waals surface area (Å²) in [5.41, 5.74) is 0.306. The van der Waals surface area contributed by atoms with Gasteiger partial charge in [0.1, 0.15) is 17.8 Å². The van der Waals surface area contributed by atoms with Crippen LogP contribution in [0, 0.1) is 0 Å². The van der Waals surface area contributed by atoms with Gasteiger partial charge in [0.2, 0.25) is 0 Å². The Balaban J connectivity index is 1.62. The van der Waals surface area contributed by atoms with Crippen molar-refractivity contribution in [2.24, 2.45) is 0 Å². The van der Waals surface area contributed by atoms with E-state index in [4.69, 9.17) is 4.42 Å². The molecule has 2 amide bonds. The summed E-state index contributed by atoms with van der Waals surface area (Å²) in [4.78, 5) is 36.3. The van der Waals surface area contributed by atoms with Gasteiger partial charge in [-0.2, -0.15) is 0 Å². The molecule has 1 aliphatic heterocycles. The molecule has 8 heteroatoms. The van der Waals surface area contributed by atoms with Crippen molar-refractivity contribution in [1.82, 2.24) is 20.2 Å². The summed E-state index contributed by atoms with van der Waals surface area (Å²) in [6.45, 7) is 6.30. The molecule has 1 aliphatic rings. The normalized spacial score (nSPS) is 14.2. The van der Waals surface area contributed by atoms with Gasteiger partial charge < -0.3 is 19.5 Å². The molecule has 3 heterocycles. The molecule has 0 bridgehead atoms. The highest BCUT2D eigenvalue weighted by atomic mass is 16.3. The van der Waals surface area contributed by atoms with E-state index in [-0.39, 0.29) is 11.8 Å². The van der Waals surface area contributed by atoms with Crippen molar-refractivity contribution in [2.75, 3.05) is 37.6 Å². The zero-order valence-electron chi connectivity index (χ0n) is 13.7. The van der Waals surface area contributed by atoms with E-state index in [1.165, 1.54) is 12.6 Å². The van der Waals surface area contributed by atoms with Crippen molar-refractivity contribution in [3.8, 4) is 0 Å². The van der Waals surface area contributed by atoms with E-state index in [0.29, 0.717) is 50.0 Å². The Bertz CT molecular complexity index is 751. The van der Waals surface area contributed by atoms with Gasteiger partial charge in [-0.15, -0.1) is 6.58 Å². The Labute approximate surface area is 145 Å². The lowest BCUT2D eigenvalue weighted by atomic mass is 10.2. The number of nitrogens with one attached hydrogen (secondary N) is 1. The number of hydrogen-bond acceptors (Lipinski definition) is 6. The lowest BCUT2D eigenvalue weighted by Gasteiger charge is -2.35. The molecule has 0 spiro atoms. The van der Waals surface area contributed by atoms with E-state index in [1.54, 1.807) is 29.2 Å². The average molecular weight is 341 g/mol. The van der Waals surface area contributed by atoms with Crippen LogP contribution in [0.1, 0.15) is 21.0 Å². The number of aromatic nitrogens is 2. The quantitative estimate of drug-likeness (QED) is 0.814. The molecule has 1 N–H and O–H groups in total. The molecule has 0 radical (unpaired) electrons. The van der Waals surface area contributed by atoms with Gasteiger partial charge in [-0.1, -0.05) is 6.08 Å². The number of nitrogens with zero attached hydrogens (tertiary/aromatic N) is 4. The minimum atomic E-state index is -0.268. The van der Waals surface area contributed by atoms with Gasteiger partial charge in [-0.05, 0) is 12.1 Å². The third-order valence-corrected chi connectivity index (χ3v) is 3.92. The van der Waals surface area contributed by atoms with Crippen molar-refractivity contribution in [3.05, 3.63) is 54.9 Å². The third-order valence-electron chi connectivity index (χ3n) is 3.92. The van der Waals surface area contributed by atoms with Gasteiger partial charge in [0.15, 0.2) is 5.76 Å². The summed E-state index contributed by atoms with van der Waals surface area (Å²) >= 11 is 0. The molecule has 2 aromatic rings. The predicted molar refractivity (Wildman–Crippen MR) is 91.4 cm³/mol. The van der Waals surface area contributed by atoms with Crippen molar-refractivity contribution in [1.29, 1.82) is 0 Å². The van der Waals surface area contributed by atoms with Crippen molar-refractivity contribution < 1.29 is 14.0 Å². The largest absolute Gasteiger partial charge is 0.459 e. The maximum absolute atomic E-state index is 12.3. The minimum absolute atomic E-state index is 0.114. The molecule has 0 atom stereocenters. The predicted octanol–water partition coefficient (Wildman–Crippen LogP) is 0.948. The molecule has 8 nitrogen and oxygen atoms in total. The maximum Gasteiger partial charge on any atom is 0.289 e. The van der Waals surface area contributed by atoms with Crippen molar-refractivity contribution >= 4 is 17.6 Å². The summed E-state index contributed by atoms with van der Waals surface area (Å²) in [5.74, 6) is 0.632. The lowest BCUT2D eigenvalue weighted by molar-refractivity contribution is 0.0714. The topological polar surface area (TPSA) is 91.6 Å². The molecule has 0 unspecified atom stereocenters. The van der Waals surface area contributed by atoms with Crippen LogP contribution in [0.3, 0.4) is 0 Å². The van der Waals surface area contributed by atoms with Crippen LogP contribution in [0.5, 0.6) is 0 Å². The molecule has 0 aromatic carbocycles. The first-order valence-electron chi connectivity index (χ1n) is 7.98. The van der Waals surface area contributed by atoms with E-state index < -0.39 is 0 Å². The van der Waals surface area contributed by atoms with Gasteiger partial charge in [0.25, 0.3) is 11.8 Å². The summed E-state index contributed by atoms with van der Waals surface area (Å²) < 4.78 is 5.16.